The predicted octanol–water partition coefficient (Wildman–Crippen LogP) is 2.95. The third kappa shape index (κ3) is 5.53. The summed E-state index contributed by atoms with van der Waals surface area (Å²) < 4.78 is 13.1. The molecule has 0 N–H and O–H groups in total. The summed E-state index contributed by atoms with van der Waals surface area (Å²) in [5, 5.41) is 5.62. The van der Waals surface area contributed by atoms with Crippen LogP contribution in [0.4, 0.5) is 4.39 Å². The third-order valence-electron chi connectivity index (χ3n) is 6.76. The quantitative estimate of drug-likeness (QED) is 0.680. The zero-order valence-corrected chi connectivity index (χ0v) is 18.5. The summed E-state index contributed by atoms with van der Waals surface area (Å²) in [7, 11) is 0. The van der Waals surface area contributed by atoms with Gasteiger partial charge in [-0.15, -0.1) is 0 Å². The minimum atomic E-state index is -0.339. The largest absolute Gasteiger partial charge is 0.339 e. The summed E-state index contributed by atoms with van der Waals surface area (Å²) in [6.07, 6.45) is 7.20. The number of amides is 3. The van der Waals surface area contributed by atoms with E-state index in [2.05, 4.69) is 5.10 Å². The summed E-state index contributed by atoms with van der Waals surface area (Å²) in [4.78, 5) is 41.4. The molecule has 8 heteroatoms. The molecule has 0 bridgehead atoms. The Morgan fingerprint density at radius 2 is 1.62 bits per heavy atom. The summed E-state index contributed by atoms with van der Waals surface area (Å²) in [6, 6.07) is 5.90. The van der Waals surface area contributed by atoms with Crippen LogP contribution in [0.25, 0.3) is 0 Å². The van der Waals surface area contributed by atoms with E-state index in [1.807, 2.05) is 4.90 Å². The minimum Gasteiger partial charge on any atom is -0.339 e. The number of hydrogen-bond donors (Lipinski definition) is 0. The molecule has 3 amide bonds. The molecule has 7 nitrogen and oxygen atoms in total. The maximum atomic E-state index is 13.1. The van der Waals surface area contributed by atoms with Crippen molar-refractivity contribution < 1.29 is 18.8 Å². The van der Waals surface area contributed by atoms with Crippen molar-refractivity contribution in [1.82, 2.24) is 14.8 Å². The smallest absolute Gasteiger partial charge is 0.270 e. The van der Waals surface area contributed by atoms with Gasteiger partial charge in [0.15, 0.2) is 0 Å². The first kappa shape index (κ1) is 22.4. The van der Waals surface area contributed by atoms with Gasteiger partial charge in [0.1, 0.15) is 11.5 Å². The second-order valence-corrected chi connectivity index (χ2v) is 8.99. The summed E-state index contributed by atoms with van der Waals surface area (Å²) in [5.41, 5.74) is 1.12. The molecule has 0 atom stereocenters. The van der Waals surface area contributed by atoms with E-state index in [9.17, 15) is 18.8 Å². The van der Waals surface area contributed by atoms with E-state index in [1.165, 1.54) is 42.8 Å². The minimum absolute atomic E-state index is 0.149. The van der Waals surface area contributed by atoms with Gasteiger partial charge in [-0.1, -0.05) is 37.8 Å². The molecule has 0 spiro atoms. The molecule has 2 fully saturated rings. The van der Waals surface area contributed by atoms with Crippen molar-refractivity contribution in [2.45, 2.75) is 57.9 Å². The molecule has 4 rings (SSSR count). The van der Waals surface area contributed by atoms with E-state index in [1.54, 1.807) is 17.0 Å². The van der Waals surface area contributed by atoms with Gasteiger partial charge in [0.2, 0.25) is 11.8 Å². The van der Waals surface area contributed by atoms with Gasteiger partial charge in [-0.25, -0.2) is 9.40 Å². The van der Waals surface area contributed by atoms with Crippen LogP contribution < -0.4 is 0 Å². The standard InChI is InChI=1S/C24H31FN4O3/c25-20-8-5-19(6-9-20)17-29-23(31)12-10-21(26-29)24(32)28-15-13-27(14-16-28)22(30)11-7-18-3-1-2-4-18/h5-6,8-9,18H,1-4,7,10-17H2. The van der Waals surface area contributed by atoms with Gasteiger partial charge in [-0.05, 0) is 30.0 Å². The number of hydrogen-bond acceptors (Lipinski definition) is 4. The number of carbonyl (C=O) groups excluding carboxylic acids is 3. The second-order valence-electron chi connectivity index (χ2n) is 8.99. The zero-order valence-electron chi connectivity index (χ0n) is 18.5. The van der Waals surface area contributed by atoms with Crippen LogP contribution in [0.5, 0.6) is 0 Å². The van der Waals surface area contributed by atoms with E-state index in [4.69, 9.17) is 0 Å². The average molecular weight is 443 g/mol. The van der Waals surface area contributed by atoms with Gasteiger partial charge < -0.3 is 9.80 Å². The predicted molar refractivity (Wildman–Crippen MR) is 118 cm³/mol. The Kier molecular flexibility index (Phi) is 7.17. The van der Waals surface area contributed by atoms with Gasteiger partial charge in [0.25, 0.3) is 5.91 Å². The van der Waals surface area contributed by atoms with Crippen molar-refractivity contribution in [2.24, 2.45) is 11.0 Å². The van der Waals surface area contributed by atoms with Crippen LogP contribution >= 0.6 is 0 Å². The lowest BCUT2D eigenvalue weighted by Crippen LogP contribution is -2.52. The highest BCUT2D eigenvalue weighted by molar-refractivity contribution is 6.39. The highest BCUT2D eigenvalue weighted by atomic mass is 19.1. The molecule has 0 aromatic heterocycles. The van der Waals surface area contributed by atoms with Gasteiger partial charge >= 0.3 is 0 Å². The number of nitrogens with zero attached hydrogens (tertiary/aromatic N) is 4. The number of rotatable bonds is 6. The van der Waals surface area contributed by atoms with E-state index < -0.39 is 0 Å². The maximum Gasteiger partial charge on any atom is 0.270 e. The monoisotopic (exact) mass is 442 g/mol. The van der Waals surface area contributed by atoms with Crippen molar-refractivity contribution in [3.8, 4) is 0 Å². The lowest BCUT2D eigenvalue weighted by molar-refractivity contribution is -0.137. The molecule has 0 unspecified atom stereocenters. The maximum absolute atomic E-state index is 13.1. The number of carbonyl (C=O) groups is 3. The third-order valence-corrected chi connectivity index (χ3v) is 6.76. The van der Waals surface area contributed by atoms with Crippen molar-refractivity contribution in [3.63, 3.8) is 0 Å². The average Bonchev–Trinajstić information content (AvgIpc) is 3.34. The van der Waals surface area contributed by atoms with Gasteiger partial charge in [-0.3, -0.25) is 14.4 Å². The van der Waals surface area contributed by atoms with Crippen LogP contribution in [0.15, 0.2) is 29.4 Å². The number of piperazine rings is 1. The lowest BCUT2D eigenvalue weighted by Gasteiger charge is -2.35. The van der Waals surface area contributed by atoms with Crippen molar-refractivity contribution in [1.29, 1.82) is 0 Å². The molecule has 32 heavy (non-hydrogen) atoms. The van der Waals surface area contributed by atoms with Gasteiger partial charge in [0, 0.05) is 45.4 Å². The molecule has 1 aromatic carbocycles. The molecule has 2 heterocycles. The first-order valence-electron chi connectivity index (χ1n) is 11.7. The van der Waals surface area contributed by atoms with Crippen LogP contribution in [0.3, 0.4) is 0 Å². The highest BCUT2D eigenvalue weighted by Gasteiger charge is 2.30. The molecule has 2 aliphatic heterocycles. The Bertz CT molecular complexity index is 872. The molecule has 0 radical (unpaired) electrons. The van der Waals surface area contributed by atoms with Crippen molar-refractivity contribution in [3.05, 3.63) is 35.6 Å². The molecule has 3 aliphatic rings. The fourth-order valence-corrected chi connectivity index (χ4v) is 4.77. The Balaban J connectivity index is 1.29. The van der Waals surface area contributed by atoms with E-state index in [0.717, 1.165) is 12.0 Å². The number of hydrazone groups is 1. The van der Waals surface area contributed by atoms with Gasteiger partial charge in [-0.2, -0.15) is 5.10 Å². The zero-order chi connectivity index (χ0) is 22.5. The molecule has 1 saturated carbocycles. The van der Waals surface area contributed by atoms with Gasteiger partial charge in [0.05, 0.1) is 6.54 Å². The van der Waals surface area contributed by atoms with Crippen LogP contribution in [0, 0.1) is 11.7 Å². The Labute approximate surface area is 188 Å². The number of benzene rings is 1. The molecular weight excluding hydrogens is 411 g/mol. The van der Waals surface area contributed by atoms with Crippen LogP contribution in [0.2, 0.25) is 0 Å². The Hall–Kier alpha value is -2.77. The van der Waals surface area contributed by atoms with Crippen LogP contribution in [-0.4, -0.2) is 64.4 Å². The van der Waals surface area contributed by atoms with Crippen LogP contribution in [-0.2, 0) is 20.9 Å². The molecule has 1 saturated heterocycles. The Morgan fingerprint density at radius 3 is 2.31 bits per heavy atom. The van der Waals surface area contributed by atoms with Crippen LogP contribution in [0.1, 0.15) is 56.9 Å². The van der Waals surface area contributed by atoms with E-state index in [0.29, 0.717) is 50.7 Å². The molecular formula is C24H31FN4O3. The summed E-state index contributed by atoms with van der Waals surface area (Å²) >= 11 is 0. The number of halogens is 1. The molecule has 1 aromatic rings. The fourth-order valence-electron chi connectivity index (χ4n) is 4.77. The fraction of sp³-hybridized carbons (Fsp3) is 0.583. The normalized spacial score (nSPS) is 20.0. The molecule has 172 valence electrons. The van der Waals surface area contributed by atoms with Crippen molar-refractivity contribution in [2.75, 3.05) is 26.2 Å². The summed E-state index contributed by atoms with van der Waals surface area (Å²) in [6.45, 7) is 2.26. The first-order chi connectivity index (χ1) is 15.5. The molecule has 1 aliphatic carbocycles. The first-order valence-corrected chi connectivity index (χ1v) is 11.7. The van der Waals surface area contributed by atoms with E-state index in [-0.39, 0.29) is 36.5 Å². The highest BCUT2D eigenvalue weighted by Crippen LogP contribution is 2.28. The summed E-state index contributed by atoms with van der Waals surface area (Å²) in [5.74, 6) is 0.235. The SMILES string of the molecule is O=C(CCC1CCCC1)N1CCN(C(=O)C2=NN(Cc3ccc(F)cc3)C(=O)CC2)CC1. The van der Waals surface area contributed by atoms with E-state index >= 15 is 0 Å². The topological polar surface area (TPSA) is 73.3 Å². The second kappa shape index (κ2) is 10.2. The lowest BCUT2D eigenvalue weighted by atomic mass is 10.0. The van der Waals surface area contributed by atoms with Crippen molar-refractivity contribution >= 4 is 23.4 Å². The Morgan fingerprint density at radius 1 is 0.969 bits per heavy atom.